The van der Waals surface area contributed by atoms with Gasteiger partial charge in [0.2, 0.25) is 0 Å². The third-order valence-electron chi connectivity index (χ3n) is 4.93. The lowest BCUT2D eigenvalue weighted by molar-refractivity contribution is -0.117. The fourth-order valence-corrected chi connectivity index (χ4v) is 4.05. The van der Waals surface area contributed by atoms with Gasteiger partial charge in [-0.3, -0.25) is 4.79 Å². The molecule has 0 saturated heterocycles. The van der Waals surface area contributed by atoms with Gasteiger partial charge in [-0.25, -0.2) is 4.98 Å². The molecule has 0 aliphatic carbocycles. The van der Waals surface area contributed by atoms with Crippen LogP contribution in [0.3, 0.4) is 0 Å². The maximum atomic E-state index is 13.4. The number of nitrogens with one attached hydrogen (secondary N) is 2. The highest BCUT2D eigenvalue weighted by molar-refractivity contribution is 7.09. The fraction of sp³-hybridized carbons (Fsp3) is 0.154. The van der Waals surface area contributed by atoms with Gasteiger partial charge in [0.1, 0.15) is 11.8 Å². The molecule has 2 N–H and O–H groups in total. The number of amides is 1. The van der Waals surface area contributed by atoms with Crippen molar-refractivity contribution >= 4 is 28.6 Å². The second-order valence-corrected chi connectivity index (χ2v) is 8.30. The lowest BCUT2D eigenvalue weighted by Gasteiger charge is -2.21. The largest absolute Gasteiger partial charge is 0.492 e. The molecule has 4 aromatic rings. The third-order valence-corrected chi connectivity index (χ3v) is 5.70. The van der Waals surface area contributed by atoms with Crippen LogP contribution in [0.5, 0.6) is 5.75 Å². The number of aromatic nitrogens is 1. The molecule has 0 aliphatic heterocycles. The maximum Gasteiger partial charge on any atom is 0.251 e. The van der Waals surface area contributed by atoms with E-state index < -0.39 is 6.04 Å². The number of thiazole rings is 1. The number of hydrogen-bond acceptors (Lipinski definition) is 5. The van der Waals surface area contributed by atoms with Crippen LogP contribution in [0.2, 0.25) is 0 Å². The van der Waals surface area contributed by atoms with Crippen LogP contribution in [0, 0.1) is 6.92 Å². The Kier molecular flexibility index (Phi) is 6.82. The first-order valence-corrected chi connectivity index (χ1v) is 11.4. The zero-order chi connectivity index (χ0) is 22.3. The molecule has 1 heterocycles. The molecule has 1 unspecified atom stereocenters. The number of nitrogens with zero attached hydrogens (tertiary/aromatic N) is 1. The normalized spacial score (nSPS) is 11.6. The average Bonchev–Trinajstić information content (AvgIpc) is 3.26. The summed E-state index contributed by atoms with van der Waals surface area (Å²) in [7, 11) is 0. The summed E-state index contributed by atoms with van der Waals surface area (Å²) in [6, 6.07) is 24.5. The van der Waals surface area contributed by atoms with Gasteiger partial charge >= 0.3 is 0 Å². The van der Waals surface area contributed by atoms with E-state index in [2.05, 4.69) is 15.6 Å². The predicted octanol–water partition coefficient (Wildman–Crippen LogP) is 6.31. The van der Waals surface area contributed by atoms with Gasteiger partial charge in [0.15, 0.2) is 0 Å². The van der Waals surface area contributed by atoms with Crippen molar-refractivity contribution in [3.8, 4) is 17.0 Å². The summed E-state index contributed by atoms with van der Waals surface area (Å²) >= 11 is 1.62. The zero-order valence-corrected chi connectivity index (χ0v) is 18.9. The summed E-state index contributed by atoms with van der Waals surface area (Å²) in [6.07, 6.45) is 0. The molecule has 3 aromatic carbocycles. The molecule has 162 valence electrons. The third kappa shape index (κ3) is 5.15. The molecule has 0 radical (unpaired) electrons. The SMILES string of the molecule is CCOc1ccccc1NC(=O)C(Nc1cccc(-c2csc(C)n2)c1)c1ccccc1. The number of benzene rings is 3. The van der Waals surface area contributed by atoms with Crippen molar-refractivity contribution in [2.45, 2.75) is 19.9 Å². The van der Waals surface area contributed by atoms with Crippen LogP contribution in [0.15, 0.2) is 84.2 Å². The highest BCUT2D eigenvalue weighted by atomic mass is 32.1. The summed E-state index contributed by atoms with van der Waals surface area (Å²) in [4.78, 5) is 18.0. The van der Waals surface area contributed by atoms with Gasteiger partial charge in [0.05, 0.1) is 23.0 Å². The first-order valence-electron chi connectivity index (χ1n) is 10.5. The molecule has 1 atom stereocenters. The first-order chi connectivity index (χ1) is 15.6. The smallest absolute Gasteiger partial charge is 0.251 e. The second kappa shape index (κ2) is 10.1. The van der Waals surface area contributed by atoms with E-state index in [4.69, 9.17) is 4.74 Å². The highest BCUT2D eigenvalue weighted by Gasteiger charge is 2.22. The summed E-state index contributed by atoms with van der Waals surface area (Å²) in [5, 5.41) is 9.50. The molecule has 0 aliphatic rings. The Morgan fingerprint density at radius 2 is 1.81 bits per heavy atom. The molecule has 6 heteroatoms. The number of carbonyl (C=O) groups excluding carboxylic acids is 1. The summed E-state index contributed by atoms with van der Waals surface area (Å²) in [5.41, 5.74) is 4.30. The summed E-state index contributed by atoms with van der Waals surface area (Å²) in [5.74, 6) is 0.481. The van der Waals surface area contributed by atoms with Crippen LogP contribution < -0.4 is 15.4 Å². The minimum Gasteiger partial charge on any atom is -0.492 e. The number of aryl methyl sites for hydroxylation is 1. The molecule has 1 amide bonds. The lowest BCUT2D eigenvalue weighted by atomic mass is 10.0. The van der Waals surface area contributed by atoms with Gasteiger partial charge in [-0.2, -0.15) is 0 Å². The topological polar surface area (TPSA) is 63.2 Å². The van der Waals surface area contributed by atoms with Gasteiger partial charge in [-0.15, -0.1) is 11.3 Å². The lowest BCUT2D eigenvalue weighted by Crippen LogP contribution is -2.27. The second-order valence-electron chi connectivity index (χ2n) is 7.24. The van der Waals surface area contributed by atoms with Crippen LogP contribution in [-0.4, -0.2) is 17.5 Å². The van der Waals surface area contributed by atoms with Crippen LogP contribution in [-0.2, 0) is 4.79 Å². The Morgan fingerprint density at radius 1 is 1.03 bits per heavy atom. The van der Waals surface area contributed by atoms with E-state index in [-0.39, 0.29) is 5.91 Å². The molecule has 0 fully saturated rings. The van der Waals surface area contributed by atoms with E-state index in [0.29, 0.717) is 18.0 Å². The molecule has 0 spiro atoms. The molecular weight excluding hydrogens is 418 g/mol. The number of para-hydroxylation sites is 2. The van der Waals surface area contributed by atoms with Gasteiger partial charge in [0.25, 0.3) is 5.91 Å². The monoisotopic (exact) mass is 443 g/mol. The maximum absolute atomic E-state index is 13.4. The van der Waals surface area contributed by atoms with Crippen molar-refractivity contribution in [2.24, 2.45) is 0 Å². The van der Waals surface area contributed by atoms with Crippen molar-refractivity contribution in [2.75, 3.05) is 17.2 Å². The number of rotatable bonds is 8. The van der Waals surface area contributed by atoms with E-state index in [0.717, 1.165) is 27.5 Å². The number of hydrogen-bond donors (Lipinski definition) is 2. The quantitative estimate of drug-likeness (QED) is 0.335. The molecule has 32 heavy (non-hydrogen) atoms. The van der Waals surface area contributed by atoms with Gasteiger partial charge in [0, 0.05) is 16.6 Å². The van der Waals surface area contributed by atoms with E-state index in [1.165, 1.54) is 0 Å². The average molecular weight is 444 g/mol. The van der Waals surface area contributed by atoms with Gasteiger partial charge < -0.3 is 15.4 Å². The van der Waals surface area contributed by atoms with Crippen molar-refractivity contribution in [1.82, 2.24) is 4.98 Å². The fourth-order valence-electron chi connectivity index (χ4n) is 3.43. The van der Waals surface area contributed by atoms with Crippen molar-refractivity contribution in [3.63, 3.8) is 0 Å². The Bertz CT molecular complexity index is 1190. The Hall–Kier alpha value is -3.64. The Morgan fingerprint density at radius 3 is 2.56 bits per heavy atom. The van der Waals surface area contributed by atoms with Crippen molar-refractivity contribution < 1.29 is 9.53 Å². The molecular formula is C26H25N3O2S. The van der Waals surface area contributed by atoms with Crippen molar-refractivity contribution in [3.05, 3.63) is 94.8 Å². The number of ether oxygens (including phenoxy) is 1. The number of carbonyl (C=O) groups is 1. The van der Waals surface area contributed by atoms with E-state index in [1.807, 2.05) is 98.1 Å². The van der Waals surface area contributed by atoms with Crippen LogP contribution in [0.1, 0.15) is 23.5 Å². The van der Waals surface area contributed by atoms with E-state index in [9.17, 15) is 4.79 Å². The van der Waals surface area contributed by atoms with Crippen LogP contribution >= 0.6 is 11.3 Å². The standard InChI is InChI=1S/C26H25N3O2S/c1-3-31-24-15-8-7-14-22(24)29-26(30)25(19-10-5-4-6-11-19)28-21-13-9-12-20(16-21)23-17-32-18(2)27-23/h4-17,25,28H,3H2,1-2H3,(H,29,30). The molecule has 5 nitrogen and oxygen atoms in total. The van der Waals surface area contributed by atoms with Gasteiger partial charge in [-0.1, -0.05) is 54.6 Å². The van der Waals surface area contributed by atoms with Crippen LogP contribution in [0.4, 0.5) is 11.4 Å². The summed E-state index contributed by atoms with van der Waals surface area (Å²) in [6.45, 7) is 4.44. The molecule has 4 rings (SSSR count). The highest BCUT2D eigenvalue weighted by Crippen LogP contribution is 2.29. The molecule has 0 bridgehead atoms. The van der Waals surface area contributed by atoms with Gasteiger partial charge in [-0.05, 0) is 43.7 Å². The Labute approximate surface area is 192 Å². The van der Waals surface area contributed by atoms with E-state index in [1.54, 1.807) is 11.3 Å². The minimum atomic E-state index is -0.585. The minimum absolute atomic E-state index is 0.168. The van der Waals surface area contributed by atoms with Crippen molar-refractivity contribution in [1.29, 1.82) is 0 Å². The van der Waals surface area contributed by atoms with E-state index >= 15 is 0 Å². The molecule has 0 saturated carbocycles. The summed E-state index contributed by atoms with van der Waals surface area (Å²) < 4.78 is 5.67. The predicted molar refractivity (Wildman–Crippen MR) is 131 cm³/mol. The number of anilines is 2. The Balaban J connectivity index is 1.62. The first kappa shape index (κ1) is 21.6. The zero-order valence-electron chi connectivity index (χ0n) is 18.0. The molecule has 1 aromatic heterocycles. The van der Waals surface area contributed by atoms with Crippen LogP contribution in [0.25, 0.3) is 11.3 Å².